The third kappa shape index (κ3) is 2.36. The zero-order valence-corrected chi connectivity index (χ0v) is 10.9. The molecule has 7 heteroatoms. The number of nitrogens with zero attached hydrogens (tertiary/aromatic N) is 2. The summed E-state index contributed by atoms with van der Waals surface area (Å²) in [4.78, 5) is 8.87. The lowest BCUT2D eigenvalue weighted by molar-refractivity contribution is 0.603. The quantitative estimate of drug-likeness (QED) is 0.714. The second-order valence-corrected chi connectivity index (χ2v) is 4.98. The fourth-order valence-corrected chi connectivity index (χ4v) is 2.64. The summed E-state index contributed by atoms with van der Waals surface area (Å²) >= 11 is 7.38. The van der Waals surface area contributed by atoms with Gasteiger partial charge in [-0.15, -0.1) is 11.3 Å². The molecule has 19 heavy (non-hydrogen) atoms. The van der Waals surface area contributed by atoms with E-state index in [0.29, 0.717) is 4.83 Å². The molecule has 0 aliphatic rings. The first-order valence-electron chi connectivity index (χ1n) is 5.26. The van der Waals surface area contributed by atoms with Crippen molar-refractivity contribution in [2.75, 3.05) is 5.32 Å². The maximum atomic E-state index is 13.5. The Kier molecular flexibility index (Phi) is 3.04. The Hall–Kier alpha value is -1.79. The van der Waals surface area contributed by atoms with Crippen LogP contribution < -0.4 is 5.32 Å². The van der Waals surface area contributed by atoms with Gasteiger partial charge in [0.1, 0.15) is 21.6 Å². The number of benzene rings is 1. The molecule has 0 bridgehead atoms. The minimum absolute atomic E-state index is 0.0352. The Morgan fingerprint density at radius 3 is 2.84 bits per heavy atom. The van der Waals surface area contributed by atoms with Crippen LogP contribution in [-0.2, 0) is 0 Å². The van der Waals surface area contributed by atoms with E-state index in [1.54, 1.807) is 6.07 Å². The molecule has 0 aliphatic carbocycles. The molecule has 3 rings (SSSR count). The normalized spacial score (nSPS) is 10.9. The molecule has 1 N–H and O–H groups in total. The van der Waals surface area contributed by atoms with Gasteiger partial charge in [-0.2, -0.15) is 0 Å². The zero-order chi connectivity index (χ0) is 13.4. The smallest absolute Gasteiger partial charge is 0.230 e. The number of halogens is 3. The van der Waals surface area contributed by atoms with Crippen LogP contribution in [-0.4, -0.2) is 9.97 Å². The van der Waals surface area contributed by atoms with Gasteiger partial charge in [-0.1, -0.05) is 11.6 Å². The van der Waals surface area contributed by atoms with Crippen LogP contribution in [0.2, 0.25) is 5.15 Å². The summed E-state index contributed by atoms with van der Waals surface area (Å²) in [5.41, 5.74) is -0.0352. The third-order valence-corrected chi connectivity index (χ3v) is 3.55. The fraction of sp³-hybridized carbons (Fsp3) is 0. The van der Waals surface area contributed by atoms with Gasteiger partial charge in [0.05, 0.1) is 5.69 Å². The molecular formula is C12H6ClF2N3S. The van der Waals surface area contributed by atoms with Crippen molar-refractivity contribution in [1.29, 1.82) is 0 Å². The van der Waals surface area contributed by atoms with Gasteiger partial charge in [0, 0.05) is 11.5 Å². The number of thiophene rings is 1. The molecule has 0 radical (unpaired) electrons. The maximum Gasteiger partial charge on any atom is 0.230 e. The molecule has 0 amide bonds. The van der Waals surface area contributed by atoms with Crippen LogP contribution in [0.15, 0.2) is 29.6 Å². The number of hydrogen-bond donors (Lipinski definition) is 1. The molecule has 3 nitrogen and oxygen atoms in total. The number of anilines is 2. The van der Waals surface area contributed by atoms with Gasteiger partial charge < -0.3 is 5.32 Å². The minimum atomic E-state index is -0.590. The summed E-state index contributed by atoms with van der Waals surface area (Å²) in [5.74, 6) is -1.01. The monoisotopic (exact) mass is 297 g/mol. The average Bonchev–Trinajstić information content (AvgIpc) is 2.82. The van der Waals surface area contributed by atoms with Crippen molar-refractivity contribution >= 4 is 44.8 Å². The summed E-state index contributed by atoms with van der Waals surface area (Å²) in [6.07, 6.45) is 0. The van der Waals surface area contributed by atoms with Gasteiger partial charge in [0.15, 0.2) is 0 Å². The van der Waals surface area contributed by atoms with Crippen LogP contribution in [0.4, 0.5) is 20.4 Å². The fourth-order valence-electron chi connectivity index (χ4n) is 1.59. The Morgan fingerprint density at radius 1 is 1.16 bits per heavy atom. The topological polar surface area (TPSA) is 37.8 Å². The molecule has 1 aromatic carbocycles. The van der Waals surface area contributed by atoms with Crippen molar-refractivity contribution in [3.05, 3.63) is 46.4 Å². The minimum Gasteiger partial charge on any atom is -0.321 e. The van der Waals surface area contributed by atoms with Crippen LogP contribution in [0.1, 0.15) is 0 Å². The van der Waals surface area contributed by atoms with Crippen molar-refractivity contribution in [2.24, 2.45) is 0 Å². The highest BCUT2D eigenvalue weighted by Crippen LogP contribution is 2.27. The number of fused-ring (bicyclic) bond motifs is 1. The van der Waals surface area contributed by atoms with Crippen molar-refractivity contribution < 1.29 is 8.78 Å². The lowest BCUT2D eigenvalue weighted by Crippen LogP contribution is -1.99. The largest absolute Gasteiger partial charge is 0.321 e. The highest BCUT2D eigenvalue weighted by atomic mass is 35.5. The summed E-state index contributed by atoms with van der Waals surface area (Å²) in [7, 11) is 0. The maximum absolute atomic E-state index is 13.5. The molecule has 0 saturated carbocycles. The second-order valence-electron chi connectivity index (χ2n) is 3.73. The van der Waals surface area contributed by atoms with Crippen LogP contribution in [0.5, 0.6) is 0 Å². The molecule has 96 valence electrons. The van der Waals surface area contributed by atoms with Gasteiger partial charge in [-0.05, 0) is 23.6 Å². The molecule has 0 unspecified atom stereocenters. The molecule has 3 aromatic rings. The lowest BCUT2D eigenvalue weighted by Gasteiger charge is -2.06. The van der Waals surface area contributed by atoms with E-state index in [1.807, 2.05) is 5.38 Å². The first-order valence-corrected chi connectivity index (χ1v) is 6.52. The molecule has 0 fully saturated rings. The lowest BCUT2D eigenvalue weighted by atomic mass is 10.3. The van der Waals surface area contributed by atoms with Gasteiger partial charge in [-0.3, -0.25) is 0 Å². The first-order chi connectivity index (χ1) is 9.13. The van der Waals surface area contributed by atoms with E-state index in [-0.39, 0.29) is 16.8 Å². The number of rotatable bonds is 2. The number of nitrogens with one attached hydrogen (secondary N) is 1. The highest BCUT2D eigenvalue weighted by Gasteiger charge is 2.10. The molecule has 0 spiro atoms. The predicted molar refractivity (Wildman–Crippen MR) is 72.1 cm³/mol. The second kappa shape index (κ2) is 4.71. The van der Waals surface area contributed by atoms with Crippen LogP contribution in [0.25, 0.3) is 10.2 Å². The molecule has 2 heterocycles. The molecule has 2 aromatic heterocycles. The first kappa shape index (κ1) is 12.3. The van der Waals surface area contributed by atoms with E-state index in [2.05, 4.69) is 15.3 Å². The standard InChI is InChI=1S/C12H6ClF2N3S/c13-10-7-3-4-19-11(7)18-12(17-10)16-9-5-6(14)1-2-8(9)15/h1-5H,(H,16,17,18). The van der Waals surface area contributed by atoms with Crippen molar-refractivity contribution in [1.82, 2.24) is 9.97 Å². The van der Waals surface area contributed by atoms with Gasteiger partial charge in [0.25, 0.3) is 0 Å². The van der Waals surface area contributed by atoms with Gasteiger partial charge in [-0.25, -0.2) is 18.7 Å². The van der Waals surface area contributed by atoms with Gasteiger partial charge >= 0.3 is 0 Å². The van der Waals surface area contributed by atoms with E-state index in [1.165, 1.54) is 11.3 Å². The van der Waals surface area contributed by atoms with Crippen molar-refractivity contribution in [2.45, 2.75) is 0 Å². The van der Waals surface area contributed by atoms with E-state index < -0.39 is 11.6 Å². The SMILES string of the molecule is Fc1ccc(F)c(Nc2nc(Cl)c3ccsc3n2)c1. The molecule has 0 atom stereocenters. The van der Waals surface area contributed by atoms with Crippen LogP contribution in [0, 0.1) is 11.6 Å². The van der Waals surface area contributed by atoms with Crippen LogP contribution in [0.3, 0.4) is 0 Å². The molecule has 0 aliphatic heterocycles. The highest BCUT2D eigenvalue weighted by molar-refractivity contribution is 7.16. The Labute approximate surface area is 115 Å². The zero-order valence-electron chi connectivity index (χ0n) is 9.32. The van der Waals surface area contributed by atoms with E-state index >= 15 is 0 Å². The number of hydrogen-bond acceptors (Lipinski definition) is 4. The van der Waals surface area contributed by atoms with Crippen molar-refractivity contribution in [3.8, 4) is 0 Å². The number of aromatic nitrogens is 2. The third-order valence-electron chi connectivity index (χ3n) is 2.45. The van der Waals surface area contributed by atoms with E-state index in [9.17, 15) is 8.78 Å². The summed E-state index contributed by atoms with van der Waals surface area (Å²) in [6, 6.07) is 4.90. The summed E-state index contributed by atoms with van der Waals surface area (Å²) in [6.45, 7) is 0. The molecule has 0 saturated heterocycles. The predicted octanol–water partition coefficient (Wildman–Crippen LogP) is 4.37. The Balaban J connectivity index is 2.03. The van der Waals surface area contributed by atoms with Gasteiger partial charge in [0.2, 0.25) is 5.95 Å². The Morgan fingerprint density at radius 2 is 2.00 bits per heavy atom. The van der Waals surface area contributed by atoms with E-state index in [4.69, 9.17) is 11.6 Å². The van der Waals surface area contributed by atoms with E-state index in [0.717, 1.165) is 23.6 Å². The summed E-state index contributed by atoms with van der Waals surface area (Å²) < 4.78 is 26.6. The Bertz CT molecular complexity index is 760. The van der Waals surface area contributed by atoms with Crippen LogP contribution >= 0.6 is 22.9 Å². The molecular weight excluding hydrogens is 292 g/mol. The summed E-state index contributed by atoms with van der Waals surface area (Å²) in [5, 5.41) is 5.45. The van der Waals surface area contributed by atoms with Crippen molar-refractivity contribution in [3.63, 3.8) is 0 Å². The average molecular weight is 298 g/mol.